The number of nitrogens with zero attached hydrogens (tertiary/aromatic N) is 5. The van der Waals surface area contributed by atoms with Crippen molar-refractivity contribution in [2.75, 3.05) is 31.1 Å². The van der Waals surface area contributed by atoms with E-state index in [1.165, 1.54) is 4.57 Å². The van der Waals surface area contributed by atoms with Crippen molar-refractivity contribution >= 4 is 34.7 Å². The summed E-state index contributed by atoms with van der Waals surface area (Å²) in [5.41, 5.74) is 3.65. The van der Waals surface area contributed by atoms with Crippen LogP contribution in [0.2, 0.25) is 0 Å². The third kappa shape index (κ3) is 4.26. The Kier molecular flexibility index (Phi) is 6.03. The van der Waals surface area contributed by atoms with E-state index < -0.39 is 5.91 Å². The Balaban J connectivity index is 1.43. The molecule has 2 N–H and O–H groups in total. The van der Waals surface area contributed by atoms with E-state index in [4.69, 9.17) is 17.5 Å². The second-order valence-corrected chi connectivity index (χ2v) is 8.19. The van der Waals surface area contributed by atoms with Gasteiger partial charge in [-0.15, -0.1) is 0 Å². The topological polar surface area (TPSA) is 110 Å². The highest BCUT2D eigenvalue weighted by Gasteiger charge is 2.20. The van der Waals surface area contributed by atoms with Gasteiger partial charge in [0.25, 0.3) is 5.91 Å². The number of nitriles is 1. The summed E-state index contributed by atoms with van der Waals surface area (Å²) in [6.45, 7) is 6.07. The normalized spacial score (nSPS) is 14.3. The van der Waals surface area contributed by atoms with E-state index >= 15 is 0 Å². The van der Waals surface area contributed by atoms with Gasteiger partial charge in [-0.25, -0.2) is 9.78 Å². The predicted octanol–water partition coefficient (Wildman–Crippen LogP) is 1.83. The lowest BCUT2D eigenvalue weighted by molar-refractivity contribution is 0.0968. The largest absolute Gasteiger partial charge is 0.368 e. The summed E-state index contributed by atoms with van der Waals surface area (Å²) in [6.07, 6.45) is 1.63. The quantitative estimate of drug-likeness (QED) is 0.355. The van der Waals surface area contributed by atoms with Crippen LogP contribution in [0.3, 0.4) is 0 Å². The summed E-state index contributed by atoms with van der Waals surface area (Å²) < 4.78 is 1.97. The molecule has 1 aliphatic rings. The molecule has 9 nitrogen and oxygen atoms in total. The Hall–Kier alpha value is -3.55. The lowest BCUT2D eigenvalue weighted by atomic mass is 10.1. The summed E-state index contributed by atoms with van der Waals surface area (Å²) in [4.78, 5) is 35.7. The SMILES string of the molecule is Cc1nc(C(=O)NC#N)ccc1N1CCN(Cc2ccc3c(=S)n(C)c(=O)[nH]c3c2)CC1. The van der Waals surface area contributed by atoms with Crippen molar-refractivity contribution in [2.24, 2.45) is 7.05 Å². The lowest BCUT2D eigenvalue weighted by Crippen LogP contribution is -2.46. The highest BCUT2D eigenvalue weighted by atomic mass is 32.1. The maximum atomic E-state index is 12.0. The number of carbonyl (C=O) groups is 1. The fourth-order valence-electron chi connectivity index (χ4n) is 3.99. The van der Waals surface area contributed by atoms with Crippen LogP contribution in [0.5, 0.6) is 0 Å². The average Bonchev–Trinajstić information content (AvgIpc) is 2.78. The van der Waals surface area contributed by atoms with E-state index in [-0.39, 0.29) is 11.4 Å². The standard InChI is InChI=1S/C22H23N7O2S/c1-14-19(6-5-17(25-14)20(30)24-13-23)29-9-7-28(8-10-29)12-15-3-4-16-18(11-15)26-22(31)27(2)21(16)32/h3-6,11H,7-10,12H2,1-2H3,(H,24,30)(H,26,31). The minimum Gasteiger partial charge on any atom is -0.368 e. The van der Waals surface area contributed by atoms with E-state index in [9.17, 15) is 9.59 Å². The van der Waals surface area contributed by atoms with Crippen molar-refractivity contribution in [1.29, 1.82) is 5.26 Å². The second-order valence-electron chi connectivity index (χ2n) is 7.80. The highest BCUT2D eigenvalue weighted by molar-refractivity contribution is 7.71. The number of anilines is 1. The van der Waals surface area contributed by atoms with Crippen molar-refractivity contribution < 1.29 is 4.79 Å². The van der Waals surface area contributed by atoms with Crippen molar-refractivity contribution in [3.63, 3.8) is 0 Å². The van der Waals surface area contributed by atoms with Crippen LogP contribution in [-0.2, 0) is 13.6 Å². The molecular weight excluding hydrogens is 426 g/mol. The molecule has 164 valence electrons. The summed E-state index contributed by atoms with van der Waals surface area (Å²) >= 11 is 5.38. The number of hydrogen-bond donors (Lipinski definition) is 2. The van der Waals surface area contributed by atoms with Crippen molar-refractivity contribution in [1.82, 2.24) is 24.8 Å². The van der Waals surface area contributed by atoms with E-state index in [0.717, 1.165) is 60.6 Å². The number of aryl methyl sites for hydroxylation is 1. The second kappa shape index (κ2) is 8.90. The van der Waals surface area contributed by atoms with Gasteiger partial charge in [-0.2, -0.15) is 5.26 Å². The molecule has 0 radical (unpaired) electrons. The van der Waals surface area contributed by atoms with Gasteiger partial charge < -0.3 is 9.88 Å². The molecule has 3 aromatic rings. The number of aromatic nitrogens is 3. The Labute approximate surface area is 189 Å². The van der Waals surface area contributed by atoms with Gasteiger partial charge in [-0.05, 0) is 36.8 Å². The molecule has 1 aromatic carbocycles. The molecular formula is C22H23N7O2S. The monoisotopic (exact) mass is 449 g/mol. The Morgan fingerprint density at radius 2 is 2.00 bits per heavy atom. The molecule has 0 atom stereocenters. The summed E-state index contributed by atoms with van der Waals surface area (Å²) in [5, 5.41) is 11.6. The third-order valence-corrected chi connectivity index (χ3v) is 6.24. The highest BCUT2D eigenvalue weighted by Crippen LogP contribution is 2.22. The Bertz CT molecular complexity index is 1350. The van der Waals surface area contributed by atoms with Crippen LogP contribution in [0.15, 0.2) is 35.1 Å². The molecule has 32 heavy (non-hydrogen) atoms. The van der Waals surface area contributed by atoms with Crippen LogP contribution in [0.4, 0.5) is 5.69 Å². The minimum absolute atomic E-state index is 0.214. The zero-order valence-electron chi connectivity index (χ0n) is 17.9. The number of hydrogen-bond acceptors (Lipinski definition) is 7. The molecule has 1 aliphatic heterocycles. The molecule has 0 bridgehead atoms. The van der Waals surface area contributed by atoms with Crippen LogP contribution in [0, 0.1) is 23.0 Å². The lowest BCUT2D eigenvalue weighted by Gasteiger charge is -2.36. The zero-order valence-corrected chi connectivity index (χ0v) is 18.7. The van der Waals surface area contributed by atoms with Gasteiger partial charge in [0.05, 0.1) is 16.9 Å². The predicted molar refractivity (Wildman–Crippen MR) is 124 cm³/mol. The van der Waals surface area contributed by atoms with Gasteiger partial charge in [-0.3, -0.25) is 19.6 Å². The zero-order chi connectivity index (χ0) is 22.8. The molecule has 1 fully saturated rings. The van der Waals surface area contributed by atoms with Gasteiger partial charge in [0.2, 0.25) is 0 Å². The molecule has 10 heteroatoms. The number of fused-ring (bicyclic) bond motifs is 1. The Morgan fingerprint density at radius 3 is 2.69 bits per heavy atom. The molecule has 0 saturated carbocycles. The first-order chi connectivity index (χ1) is 15.4. The van der Waals surface area contributed by atoms with Crippen LogP contribution >= 0.6 is 12.2 Å². The molecule has 0 aliphatic carbocycles. The van der Waals surface area contributed by atoms with Gasteiger partial charge in [-0.1, -0.05) is 18.3 Å². The van der Waals surface area contributed by atoms with Crippen molar-refractivity contribution in [2.45, 2.75) is 13.5 Å². The molecule has 2 aromatic heterocycles. The molecule has 1 amide bonds. The number of pyridine rings is 1. The van der Waals surface area contributed by atoms with Crippen molar-refractivity contribution in [3.05, 3.63) is 62.4 Å². The molecule has 3 heterocycles. The van der Waals surface area contributed by atoms with E-state index in [1.54, 1.807) is 19.3 Å². The summed E-state index contributed by atoms with van der Waals surface area (Å²) in [5.74, 6) is -0.499. The van der Waals surface area contributed by atoms with E-state index in [2.05, 4.69) is 31.2 Å². The first-order valence-corrected chi connectivity index (χ1v) is 10.6. The average molecular weight is 450 g/mol. The minimum atomic E-state index is -0.499. The summed E-state index contributed by atoms with van der Waals surface area (Å²) in [7, 11) is 1.67. The van der Waals surface area contributed by atoms with Gasteiger partial charge in [0.15, 0.2) is 6.19 Å². The molecule has 0 spiro atoms. The number of rotatable bonds is 4. The smallest absolute Gasteiger partial charge is 0.326 e. The van der Waals surface area contributed by atoms with Crippen LogP contribution in [0.1, 0.15) is 21.7 Å². The van der Waals surface area contributed by atoms with Gasteiger partial charge in [0, 0.05) is 45.2 Å². The Morgan fingerprint density at radius 1 is 1.25 bits per heavy atom. The number of benzene rings is 1. The maximum Gasteiger partial charge on any atom is 0.326 e. The van der Waals surface area contributed by atoms with E-state index in [1.807, 2.05) is 25.1 Å². The van der Waals surface area contributed by atoms with Gasteiger partial charge in [0.1, 0.15) is 10.3 Å². The third-order valence-electron chi connectivity index (χ3n) is 5.74. The summed E-state index contributed by atoms with van der Waals surface area (Å²) in [6, 6.07) is 9.55. The number of aromatic amines is 1. The molecule has 1 saturated heterocycles. The van der Waals surface area contributed by atoms with Crippen molar-refractivity contribution in [3.8, 4) is 6.19 Å². The fourth-order valence-corrected chi connectivity index (χ4v) is 4.25. The van der Waals surface area contributed by atoms with Crippen LogP contribution in [0.25, 0.3) is 10.9 Å². The number of H-pyrrole nitrogens is 1. The van der Waals surface area contributed by atoms with Gasteiger partial charge >= 0.3 is 5.69 Å². The number of piperazine rings is 1. The number of amides is 1. The molecule has 0 unspecified atom stereocenters. The number of carbonyl (C=O) groups excluding carboxylic acids is 1. The van der Waals surface area contributed by atoms with Crippen LogP contribution in [-0.4, -0.2) is 51.5 Å². The first-order valence-electron chi connectivity index (χ1n) is 10.2. The number of nitrogens with one attached hydrogen (secondary N) is 2. The first kappa shape index (κ1) is 21.7. The maximum absolute atomic E-state index is 12.0. The molecule has 4 rings (SSSR count). The van der Waals surface area contributed by atoms with Crippen LogP contribution < -0.4 is 15.9 Å². The van der Waals surface area contributed by atoms with E-state index in [0.29, 0.717) is 4.64 Å². The fraction of sp³-hybridized carbons (Fsp3) is 0.318.